The predicted molar refractivity (Wildman–Crippen MR) is 97.0 cm³/mol. The zero-order valence-corrected chi connectivity index (χ0v) is 18.0. The number of rotatable bonds is 8. The summed E-state index contributed by atoms with van der Waals surface area (Å²) in [4.78, 5) is 57.1. The van der Waals surface area contributed by atoms with Gasteiger partial charge in [0.1, 0.15) is 18.9 Å². The molecule has 0 amide bonds. The van der Waals surface area contributed by atoms with Gasteiger partial charge in [0.05, 0.1) is 6.33 Å². The number of imidazole rings is 1. The minimum atomic E-state index is -5.81. The zero-order valence-electron chi connectivity index (χ0n) is 15.3. The average molecular weight is 525 g/mol. The number of aliphatic hydroxyl groups is 1. The zero-order chi connectivity index (χ0) is 24.1. The largest absolute Gasteiger partial charge is 0.490 e. The molecule has 18 nitrogen and oxygen atoms in total. The van der Waals surface area contributed by atoms with Crippen LogP contribution in [0.25, 0.3) is 11.2 Å². The van der Waals surface area contributed by atoms with Crippen LogP contribution in [0.4, 0.5) is 10.3 Å². The van der Waals surface area contributed by atoms with Crippen molar-refractivity contribution in [2.24, 2.45) is 0 Å². The monoisotopic (exact) mass is 525 g/mol. The molecular formula is C10H15FN5O13P3. The number of anilines is 1. The molecule has 1 aliphatic heterocycles. The summed E-state index contributed by atoms with van der Waals surface area (Å²) < 4.78 is 65.9. The lowest BCUT2D eigenvalue weighted by Crippen LogP contribution is -2.39. The Kier molecular flexibility index (Phi) is 6.51. The number of halogens is 1. The molecule has 0 aromatic carbocycles. The van der Waals surface area contributed by atoms with Crippen molar-refractivity contribution < 1.29 is 60.6 Å². The van der Waals surface area contributed by atoms with Crippen molar-refractivity contribution in [3.05, 3.63) is 16.7 Å². The highest BCUT2D eigenvalue weighted by Crippen LogP contribution is 2.66. The van der Waals surface area contributed by atoms with E-state index in [0.29, 0.717) is 0 Å². The molecule has 5 unspecified atom stereocenters. The number of hydrogen-bond acceptors (Lipinski definition) is 12. The number of aliphatic hydroxyl groups excluding tert-OH is 1. The second kappa shape index (κ2) is 8.32. The van der Waals surface area contributed by atoms with Crippen LogP contribution in [0.2, 0.25) is 0 Å². The van der Waals surface area contributed by atoms with Gasteiger partial charge in [0.2, 0.25) is 5.95 Å². The normalized spacial score (nSPS) is 27.9. The fraction of sp³-hybridized carbons (Fsp3) is 0.500. The van der Waals surface area contributed by atoms with Crippen molar-refractivity contribution in [3.63, 3.8) is 0 Å². The van der Waals surface area contributed by atoms with Crippen molar-refractivity contribution in [1.29, 1.82) is 0 Å². The van der Waals surface area contributed by atoms with Crippen LogP contribution in [0, 0.1) is 0 Å². The maximum atomic E-state index is 15.0. The van der Waals surface area contributed by atoms with E-state index in [1.54, 1.807) is 0 Å². The van der Waals surface area contributed by atoms with E-state index in [0.717, 1.165) is 10.9 Å². The van der Waals surface area contributed by atoms with Crippen molar-refractivity contribution in [3.8, 4) is 0 Å². The third-order valence-electron chi connectivity index (χ3n) is 3.86. The number of nitrogens with one attached hydrogen (secondary N) is 1. The maximum absolute atomic E-state index is 15.0. The molecule has 1 aliphatic rings. The summed E-state index contributed by atoms with van der Waals surface area (Å²) in [6.07, 6.45) is -2.79. The molecule has 8 N–H and O–H groups in total. The number of nitrogens with two attached hydrogens (primary N) is 1. The lowest BCUT2D eigenvalue weighted by molar-refractivity contribution is -0.203. The van der Waals surface area contributed by atoms with Crippen molar-refractivity contribution in [2.45, 2.75) is 24.6 Å². The molecule has 0 spiro atoms. The summed E-state index contributed by atoms with van der Waals surface area (Å²) in [6.45, 7) is -1.54. The first kappa shape index (κ1) is 25.0. The number of phosphoric ester groups is 1. The summed E-state index contributed by atoms with van der Waals surface area (Å²) in [5.74, 6) is -3.47. The van der Waals surface area contributed by atoms with Gasteiger partial charge in [-0.1, -0.05) is 0 Å². The first-order valence-corrected chi connectivity index (χ1v) is 12.6. The highest BCUT2D eigenvalue weighted by Gasteiger charge is 2.52. The van der Waals surface area contributed by atoms with Gasteiger partial charge in [0.15, 0.2) is 11.2 Å². The number of ether oxygens (including phenoxy) is 1. The van der Waals surface area contributed by atoms with Gasteiger partial charge in [-0.05, 0) is 0 Å². The van der Waals surface area contributed by atoms with Gasteiger partial charge in [-0.25, -0.2) is 23.1 Å². The number of hydrogen-bond donors (Lipinski definition) is 7. The number of fused-ring (bicyclic) bond motifs is 1. The third-order valence-corrected chi connectivity index (χ3v) is 7.64. The van der Waals surface area contributed by atoms with Gasteiger partial charge in [-0.15, -0.1) is 0 Å². The molecule has 1 saturated heterocycles. The third kappa shape index (κ3) is 5.66. The first-order chi connectivity index (χ1) is 14.5. The number of phosphoric acid groups is 3. The van der Waals surface area contributed by atoms with Gasteiger partial charge < -0.3 is 35.2 Å². The van der Waals surface area contributed by atoms with Crippen molar-refractivity contribution in [1.82, 2.24) is 19.5 Å². The molecule has 180 valence electrons. The highest BCUT2D eigenvalue weighted by atomic mass is 31.3. The first-order valence-electron chi connectivity index (χ1n) is 8.06. The predicted octanol–water partition coefficient (Wildman–Crippen LogP) is -1.01. The molecule has 0 bridgehead atoms. The van der Waals surface area contributed by atoms with Crippen LogP contribution in [0.5, 0.6) is 0 Å². The number of H-pyrrole nitrogens is 1. The van der Waals surface area contributed by atoms with E-state index in [-0.39, 0.29) is 17.1 Å². The van der Waals surface area contributed by atoms with E-state index in [1.807, 2.05) is 0 Å². The molecule has 0 aliphatic carbocycles. The second-order valence-corrected chi connectivity index (χ2v) is 10.7. The number of alkyl halides is 1. The van der Waals surface area contributed by atoms with E-state index < -0.39 is 60.2 Å². The summed E-state index contributed by atoms with van der Waals surface area (Å²) in [6, 6.07) is 0. The van der Waals surface area contributed by atoms with Gasteiger partial charge >= 0.3 is 23.5 Å². The molecular weight excluding hydrogens is 510 g/mol. The quantitative estimate of drug-likeness (QED) is 0.203. The topological polar surface area (TPSA) is 279 Å². The molecule has 2 aromatic heterocycles. The van der Waals surface area contributed by atoms with E-state index >= 15 is 4.39 Å². The molecule has 32 heavy (non-hydrogen) atoms. The fourth-order valence-corrected chi connectivity index (χ4v) is 5.68. The van der Waals surface area contributed by atoms with Gasteiger partial charge in [-0.2, -0.15) is 13.6 Å². The molecule has 3 rings (SSSR count). The number of nitrogens with zero attached hydrogens (tertiary/aromatic N) is 3. The summed E-state index contributed by atoms with van der Waals surface area (Å²) in [5, 5.41) is 10.0. The molecule has 0 saturated carbocycles. The SMILES string of the molecule is Nc1nc2c(ncn2C2CC(O)C(F)(COP(=O)(O)OP(=O)(O)OP(=O)(O)O)O2)c(=O)[nH]1. The number of aromatic amines is 1. The van der Waals surface area contributed by atoms with Crippen LogP contribution < -0.4 is 11.3 Å². The highest BCUT2D eigenvalue weighted by molar-refractivity contribution is 7.66. The van der Waals surface area contributed by atoms with Crippen LogP contribution in [0.15, 0.2) is 11.1 Å². The van der Waals surface area contributed by atoms with Crippen LogP contribution >= 0.6 is 23.5 Å². The van der Waals surface area contributed by atoms with E-state index in [1.165, 1.54) is 0 Å². The average Bonchev–Trinajstić information content (AvgIpc) is 3.12. The van der Waals surface area contributed by atoms with E-state index in [9.17, 15) is 28.5 Å². The standard InChI is InChI=1S/C10H15FN5O13P3/c11-10(2-26-31(22,23)29-32(24,25)28-30(19,20)21)4(17)1-5(27-10)16-3-13-6-7(16)14-9(12)15-8(6)18/h3-5,17H,1-2H2,(H,22,23)(H,24,25)(H2,19,20,21)(H3,12,14,15,18). The number of nitrogen functional groups attached to an aromatic ring is 1. The molecule has 2 aromatic rings. The molecule has 22 heteroatoms. The van der Waals surface area contributed by atoms with Gasteiger partial charge in [0.25, 0.3) is 11.4 Å². The van der Waals surface area contributed by atoms with Crippen molar-refractivity contribution >= 4 is 40.6 Å². The minimum Gasteiger partial charge on any atom is -0.387 e. The van der Waals surface area contributed by atoms with E-state index in [4.69, 9.17) is 25.2 Å². The summed E-state index contributed by atoms with van der Waals surface area (Å²) in [5.41, 5.74) is 4.44. The van der Waals surface area contributed by atoms with E-state index in [2.05, 4.69) is 28.1 Å². The Morgan fingerprint density at radius 2 is 1.94 bits per heavy atom. The lowest BCUT2D eigenvalue weighted by atomic mass is 10.1. The fourth-order valence-electron chi connectivity index (χ4n) is 2.65. The minimum absolute atomic E-state index is 0.124. The Balaban J connectivity index is 1.73. The molecule has 3 heterocycles. The van der Waals surface area contributed by atoms with Crippen LogP contribution in [0.1, 0.15) is 12.6 Å². The Morgan fingerprint density at radius 3 is 2.56 bits per heavy atom. The Bertz CT molecular complexity index is 1230. The molecule has 1 fully saturated rings. The van der Waals surface area contributed by atoms with Crippen LogP contribution in [-0.2, 0) is 31.6 Å². The van der Waals surface area contributed by atoms with Gasteiger partial charge in [0, 0.05) is 6.42 Å². The Hall–Kier alpha value is -1.59. The summed E-state index contributed by atoms with van der Waals surface area (Å²) in [7, 11) is -17.1. The molecule has 5 atom stereocenters. The van der Waals surface area contributed by atoms with Gasteiger partial charge in [-0.3, -0.25) is 18.9 Å². The Labute approximate surface area is 175 Å². The van der Waals surface area contributed by atoms with Crippen LogP contribution in [-0.4, -0.2) is 62.8 Å². The second-order valence-electron chi connectivity index (χ2n) is 6.25. The summed E-state index contributed by atoms with van der Waals surface area (Å²) >= 11 is 0. The van der Waals surface area contributed by atoms with Crippen LogP contribution in [0.3, 0.4) is 0 Å². The Morgan fingerprint density at radius 1 is 1.28 bits per heavy atom. The smallest absolute Gasteiger partial charge is 0.387 e. The lowest BCUT2D eigenvalue weighted by Gasteiger charge is -2.24. The molecule has 0 radical (unpaired) electrons. The number of aromatic nitrogens is 4. The maximum Gasteiger partial charge on any atom is 0.490 e. The van der Waals surface area contributed by atoms with Crippen molar-refractivity contribution in [2.75, 3.05) is 12.3 Å².